The summed E-state index contributed by atoms with van der Waals surface area (Å²) in [6, 6.07) is 6.40. The summed E-state index contributed by atoms with van der Waals surface area (Å²) in [5.74, 6) is -1.41. The molecule has 0 saturated carbocycles. The van der Waals surface area contributed by atoms with Crippen molar-refractivity contribution in [3.8, 4) is 11.5 Å². The molecule has 0 aromatic heterocycles. The molecule has 0 aliphatic carbocycles. The lowest BCUT2D eigenvalue weighted by molar-refractivity contribution is -0.175. The second-order valence-electron chi connectivity index (χ2n) is 4.85. The molecule has 1 fully saturated rings. The number of esters is 1. The number of benzene rings is 1. The Labute approximate surface area is 121 Å². The first-order valence-electron chi connectivity index (χ1n) is 6.21. The van der Waals surface area contributed by atoms with Gasteiger partial charge in [-0.25, -0.2) is 9.59 Å². The maximum Gasteiger partial charge on any atom is 0.347 e. The van der Waals surface area contributed by atoms with Crippen LogP contribution in [0.4, 0.5) is 0 Å². The molecule has 7 nitrogen and oxygen atoms in total. The molecule has 0 radical (unpaired) electrons. The van der Waals surface area contributed by atoms with Crippen molar-refractivity contribution in [2.24, 2.45) is 0 Å². The minimum absolute atomic E-state index is 0.226. The Morgan fingerprint density at radius 3 is 2.43 bits per heavy atom. The van der Waals surface area contributed by atoms with Gasteiger partial charge in [0, 0.05) is 6.07 Å². The summed E-state index contributed by atoms with van der Waals surface area (Å²) >= 11 is 0. The standard InChI is InChI=1S/C14H16O7/c1-13(11(15)16)14(2,20-8-19-13)12(17)21-10-6-4-5-9(7-10)18-3/h4-7H,8H2,1-3H3,(H,15,16)/t13-,14-/m0/s1. The van der Waals surface area contributed by atoms with Crippen molar-refractivity contribution in [3.05, 3.63) is 24.3 Å². The molecule has 1 aromatic rings. The predicted molar refractivity (Wildman–Crippen MR) is 70.1 cm³/mol. The second-order valence-corrected chi connectivity index (χ2v) is 4.85. The van der Waals surface area contributed by atoms with Crippen molar-refractivity contribution < 1.29 is 33.6 Å². The molecule has 1 aliphatic rings. The van der Waals surface area contributed by atoms with E-state index in [0.29, 0.717) is 5.75 Å². The minimum atomic E-state index is -1.82. The zero-order valence-electron chi connectivity index (χ0n) is 11.9. The summed E-state index contributed by atoms with van der Waals surface area (Å²) in [7, 11) is 1.48. The van der Waals surface area contributed by atoms with Gasteiger partial charge in [0.2, 0.25) is 11.2 Å². The van der Waals surface area contributed by atoms with Crippen LogP contribution in [0.5, 0.6) is 11.5 Å². The van der Waals surface area contributed by atoms with Crippen LogP contribution in [0.15, 0.2) is 24.3 Å². The van der Waals surface area contributed by atoms with E-state index in [9.17, 15) is 14.7 Å². The van der Waals surface area contributed by atoms with Crippen molar-refractivity contribution >= 4 is 11.9 Å². The number of hydrogen-bond donors (Lipinski definition) is 1. The minimum Gasteiger partial charge on any atom is -0.497 e. The van der Waals surface area contributed by atoms with E-state index in [0.717, 1.165) is 0 Å². The number of carbonyl (C=O) groups excluding carboxylic acids is 1. The fourth-order valence-corrected chi connectivity index (χ4v) is 1.93. The summed E-state index contributed by atoms with van der Waals surface area (Å²) in [5, 5.41) is 9.27. The third-order valence-electron chi connectivity index (χ3n) is 3.65. The van der Waals surface area contributed by atoms with E-state index in [1.165, 1.54) is 27.0 Å². The van der Waals surface area contributed by atoms with Crippen LogP contribution in [-0.4, -0.2) is 42.1 Å². The molecule has 7 heteroatoms. The zero-order valence-corrected chi connectivity index (χ0v) is 11.9. The molecule has 1 aromatic carbocycles. The molecule has 1 saturated heterocycles. The molecule has 1 aliphatic heterocycles. The lowest BCUT2D eigenvalue weighted by Gasteiger charge is -2.31. The first-order chi connectivity index (χ1) is 9.83. The summed E-state index contributed by atoms with van der Waals surface area (Å²) in [6.07, 6.45) is 0. The predicted octanol–water partition coefficient (Wildman–Crippen LogP) is 1.21. The third-order valence-corrected chi connectivity index (χ3v) is 3.65. The molecule has 21 heavy (non-hydrogen) atoms. The van der Waals surface area contributed by atoms with Gasteiger partial charge in [0.15, 0.2) is 0 Å². The Morgan fingerprint density at radius 1 is 1.19 bits per heavy atom. The van der Waals surface area contributed by atoms with E-state index >= 15 is 0 Å². The molecule has 2 rings (SSSR count). The largest absolute Gasteiger partial charge is 0.497 e. The topological polar surface area (TPSA) is 91.3 Å². The average molecular weight is 296 g/mol. The number of carbonyl (C=O) groups is 2. The van der Waals surface area contributed by atoms with E-state index in [1.807, 2.05) is 0 Å². The summed E-state index contributed by atoms with van der Waals surface area (Å²) < 4.78 is 20.5. The summed E-state index contributed by atoms with van der Waals surface area (Å²) in [4.78, 5) is 23.7. The highest BCUT2D eigenvalue weighted by Gasteiger charge is 2.63. The van der Waals surface area contributed by atoms with E-state index < -0.39 is 23.1 Å². The summed E-state index contributed by atoms with van der Waals surface area (Å²) in [6.45, 7) is 2.30. The highest BCUT2D eigenvalue weighted by atomic mass is 16.7. The Hall–Kier alpha value is -2.12. The van der Waals surface area contributed by atoms with Crippen LogP contribution in [0, 0.1) is 0 Å². The fourth-order valence-electron chi connectivity index (χ4n) is 1.93. The fraction of sp³-hybridized carbons (Fsp3) is 0.429. The molecule has 0 unspecified atom stereocenters. The number of methoxy groups -OCH3 is 1. The van der Waals surface area contributed by atoms with Crippen molar-refractivity contribution in [1.29, 1.82) is 0 Å². The van der Waals surface area contributed by atoms with Gasteiger partial charge in [0.1, 0.15) is 18.3 Å². The smallest absolute Gasteiger partial charge is 0.347 e. The van der Waals surface area contributed by atoms with Crippen LogP contribution in [0.3, 0.4) is 0 Å². The maximum atomic E-state index is 12.3. The number of carboxylic acid groups (broad SMARTS) is 1. The maximum absolute atomic E-state index is 12.3. The highest BCUT2D eigenvalue weighted by molar-refractivity contribution is 5.92. The SMILES string of the molecule is COc1cccc(OC(=O)[C@]2(C)OCO[C@@]2(C)C(=O)O)c1. The van der Waals surface area contributed by atoms with Crippen molar-refractivity contribution in [2.75, 3.05) is 13.9 Å². The summed E-state index contributed by atoms with van der Waals surface area (Å²) in [5.41, 5.74) is -3.56. The lowest BCUT2D eigenvalue weighted by atomic mass is 9.86. The van der Waals surface area contributed by atoms with Crippen LogP contribution in [-0.2, 0) is 19.1 Å². The van der Waals surface area contributed by atoms with Gasteiger partial charge in [-0.2, -0.15) is 0 Å². The molecule has 0 bridgehead atoms. The van der Waals surface area contributed by atoms with Crippen molar-refractivity contribution in [3.63, 3.8) is 0 Å². The second kappa shape index (κ2) is 5.34. The first kappa shape index (κ1) is 15.3. The molecule has 2 atom stereocenters. The number of carboxylic acids is 1. The van der Waals surface area contributed by atoms with Gasteiger partial charge in [-0.3, -0.25) is 0 Å². The number of rotatable bonds is 4. The van der Waals surface area contributed by atoms with Gasteiger partial charge < -0.3 is 24.1 Å². The van der Waals surface area contributed by atoms with Gasteiger partial charge in [-0.1, -0.05) is 6.07 Å². The van der Waals surface area contributed by atoms with Crippen LogP contribution < -0.4 is 9.47 Å². The average Bonchev–Trinajstić information content (AvgIpc) is 2.77. The van der Waals surface area contributed by atoms with Crippen molar-refractivity contribution in [2.45, 2.75) is 25.0 Å². The highest BCUT2D eigenvalue weighted by Crippen LogP contribution is 2.37. The molecule has 1 N–H and O–H groups in total. The Kier molecular flexibility index (Phi) is 3.89. The lowest BCUT2D eigenvalue weighted by Crippen LogP contribution is -2.59. The van der Waals surface area contributed by atoms with Crippen LogP contribution >= 0.6 is 0 Å². The van der Waals surface area contributed by atoms with Gasteiger partial charge >= 0.3 is 11.9 Å². The number of ether oxygens (including phenoxy) is 4. The quantitative estimate of drug-likeness (QED) is 0.659. The molecule has 0 amide bonds. The molecule has 0 spiro atoms. The molecule has 1 heterocycles. The number of hydrogen-bond acceptors (Lipinski definition) is 6. The van der Waals surface area contributed by atoms with Gasteiger partial charge in [-0.15, -0.1) is 0 Å². The molecular weight excluding hydrogens is 280 g/mol. The third kappa shape index (κ3) is 2.45. The Balaban J connectivity index is 2.24. The van der Waals surface area contributed by atoms with E-state index in [4.69, 9.17) is 18.9 Å². The number of aliphatic carboxylic acids is 1. The molecule has 114 valence electrons. The van der Waals surface area contributed by atoms with Crippen LogP contribution in [0.2, 0.25) is 0 Å². The van der Waals surface area contributed by atoms with Crippen molar-refractivity contribution in [1.82, 2.24) is 0 Å². The van der Waals surface area contributed by atoms with E-state index in [2.05, 4.69) is 0 Å². The van der Waals surface area contributed by atoms with E-state index in [-0.39, 0.29) is 12.5 Å². The first-order valence-corrected chi connectivity index (χ1v) is 6.21. The van der Waals surface area contributed by atoms with Gasteiger partial charge in [-0.05, 0) is 26.0 Å². The van der Waals surface area contributed by atoms with Crippen LogP contribution in [0.25, 0.3) is 0 Å². The van der Waals surface area contributed by atoms with E-state index in [1.54, 1.807) is 18.2 Å². The van der Waals surface area contributed by atoms with Crippen LogP contribution in [0.1, 0.15) is 13.8 Å². The monoisotopic (exact) mass is 296 g/mol. The van der Waals surface area contributed by atoms with Gasteiger partial charge in [0.25, 0.3) is 0 Å². The Bertz CT molecular complexity index is 570. The van der Waals surface area contributed by atoms with Gasteiger partial charge in [0.05, 0.1) is 7.11 Å². The molecular formula is C14H16O7. The Morgan fingerprint density at radius 2 is 1.81 bits per heavy atom. The zero-order chi connectivity index (χ0) is 15.7. The normalized spacial score (nSPS) is 28.1.